The van der Waals surface area contributed by atoms with Crippen molar-refractivity contribution in [3.05, 3.63) is 41.5 Å². The number of anilines is 1. The highest BCUT2D eigenvalue weighted by Gasteiger charge is 2.12. The molecule has 1 rings (SSSR count). The lowest BCUT2D eigenvalue weighted by molar-refractivity contribution is 0.240. The molecule has 0 amide bonds. The van der Waals surface area contributed by atoms with Crippen molar-refractivity contribution in [3.8, 4) is 0 Å². The summed E-state index contributed by atoms with van der Waals surface area (Å²) < 4.78 is 0. The highest BCUT2D eigenvalue weighted by Crippen LogP contribution is 2.18. The Morgan fingerprint density at radius 1 is 1.25 bits per heavy atom. The van der Waals surface area contributed by atoms with Crippen LogP contribution in [0.5, 0.6) is 0 Å². The van der Waals surface area contributed by atoms with Crippen molar-refractivity contribution in [2.45, 2.75) is 45.9 Å². The largest absolute Gasteiger partial charge is 0.379 e. The molecule has 1 aromatic rings. The summed E-state index contributed by atoms with van der Waals surface area (Å²) in [4.78, 5) is 2.17. The Balaban J connectivity index is 2.72. The number of benzene rings is 1. The van der Waals surface area contributed by atoms with Gasteiger partial charge in [-0.1, -0.05) is 29.0 Å². The van der Waals surface area contributed by atoms with Gasteiger partial charge in [0.25, 0.3) is 0 Å². The minimum absolute atomic E-state index is 0.134. The third kappa shape index (κ3) is 8.52. The van der Waals surface area contributed by atoms with Crippen LogP contribution in [-0.4, -0.2) is 68.6 Å². The van der Waals surface area contributed by atoms with Gasteiger partial charge in [-0.15, -0.1) is 5.11 Å². The van der Waals surface area contributed by atoms with E-state index in [0.717, 1.165) is 25.2 Å². The molecule has 0 aliphatic heterocycles. The molecule has 0 bridgehead atoms. The molecule has 0 aromatic heterocycles. The van der Waals surface area contributed by atoms with E-state index in [9.17, 15) is 0 Å². The van der Waals surface area contributed by atoms with Gasteiger partial charge < -0.3 is 10.2 Å². The van der Waals surface area contributed by atoms with E-state index in [0.29, 0.717) is 0 Å². The predicted octanol–water partition coefficient (Wildman–Crippen LogP) is 4.08. The van der Waals surface area contributed by atoms with Gasteiger partial charge in [0.1, 0.15) is 0 Å². The molecule has 1 N–H and O–H groups in total. The van der Waals surface area contributed by atoms with Crippen LogP contribution in [0.1, 0.15) is 32.8 Å². The molecular formula is C21H37N7. The Kier molecular flexibility index (Phi) is 10.2. The SMILES string of the molecule is C=NN(C)C(C)/N=N\N(C)CCC(Nc1cccc(CN(C)C)c1)/C(C)=C/C. The molecule has 0 radical (unpaired) electrons. The number of hydrazone groups is 1. The first-order valence-corrected chi connectivity index (χ1v) is 9.71. The van der Waals surface area contributed by atoms with Gasteiger partial charge in [0, 0.05) is 45.6 Å². The van der Waals surface area contributed by atoms with Gasteiger partial charge in [-0.25, -0.2) is 0 Å². The van der Waals surface area contributed by atoms with Gasteiger partial charge >= 0.3 is 0 Å². The van der Waals surface area contributed by atoms with Crippen LogP contribution < -0.4 is 5.32 Å². The van der Waals surface area contributed by atoms with E-state index >= 15 is 0 Å². The maximum atomic E-state index is 4.28. The molecule has 2 atom stereocenters. The molecule has 156 valence electrons. The summed E-state index contributed by atoms with van der Waals surface area (Å²) >= 11 is 0. The first-order valence-electron chi connectivity index (χ1n) is 9.71. The fourth-order valence-electron chi connectivity index (χ4n) is 2.66. The van der Waals surface area contributed by atoms with Crippen molar-refractivity contribution < 1.29 is 0 Å². The smallest absolute Gasteiger partial charge is 0.156 e. The number of rotatable bonds is 12. The quantitative estimate of drug-likeness (QED) is 0.254. The summed E-state index contributed by atoms with van der Waals surface area (Å²) in [6, 6.07) is 8.85. The molecule has 1 aromatic carbocycles. The van der Waals surface area contributed by atoms with Crippen LogP contribution in [0.2, 0.25) is 0 Å². The van der Waals surface area contributed by atoms with Crippen LogP contribution in [0, 0.1) is 0 Å². The van der Waals surface area contributed by atoms with Crippen LogP contribution in [0.25, 0.3) is 0 Å². The molecule has 2 unspecified atom stereocenters. The van der Waals surface area contributed by atoms with Crippen molar-refractivity contribution in [1.82, 2.24) is 14.9 Å². The number of allylic oxidation sites excluding steroid dienone is 1. The second-order valence-electron chi connectivity index (χ2n) is 7.39. The van der Waals surface area contributed by atoms with E-state index in [2.05, 4.69) is 90.7 Å². The normalized spacial score (nSPS) is 14.2. The van der Waals surface area contributed by atoms with Crippen LogP contribution in [0.3, 0.4) is 0 Å². The van der Waals surface area contributed by atoms with Crippen molar-refractivity contribution in [2.75, 3.05) is 40.1 Å². The van der Waals surface area contributed by atoms with Gasteiger partial charge in [0.2, 0.25) is 0 Å². The molecule has 0 aliphatic rings. The van der Waals surface area contributed by atoms with E-state index in [1.165, 1.54) is 11.1 Å². The zero-order chi connectivity index (χ0) is 21.1. The maximum absolute atomic E-state index is 4.28. The lowest BCUT2D eigenvalue weighted by Gasteiger charge is -2.24. The van der Waals surface area contributed by atoms with E-state index in [-0.39, 0.29) is 12.2 Å². The zero-order valence-corrected chi connectivity index (χ0v) is 18.6. The van der Waals surface area contributed by atoms with Crippen molar-refractivity contribution in [1.29, 1.82) is 0 Å². The van der Waals surface area contributed by atoms with Crippen LogP contribution in [0.4, 0.5) is 5.69 Å². The molecule has 7 nitrogen and oxygen atoms in total. The lowest BCUT2D eigenvalue weighted by atomic mass is 10.0. The Labute approximate surface area is 170 Å². The Morgan fingerprint density at radius 3 is 2.57 bits per heavy atom. The third-order valence-electron chi connectivity index (χ3n) is 4.65. The highest BCUT2D eigenvalue weighted by molar-refractivity contribution is 5.48. The topological polar surface area (TPSA) is 58.8 Å². The molecule has 0 spiro atoms. The van der Waals surface area contributed by atoms with Gasteiger partial charge in [0.05, 0.1) is 0 Å². The number of hydrogen-bond donors (Lipinski definition) is 1. The average molecular weight is 388 g/mol. The predicted molar refractivity (Wildman–Crippen MR) is 120 cm³/mol. The second-order valence-corrected chi connectivity index (χ2v) is 7.39. The average Bonchev–Trinajstić information content (AvgIpc) is 2.67. The fourth-order valence-corrected chi connectivity index (χ4v) is 2.66. The Morgan fingerprint density at radius 2 is 1.96 bits per heavy atom. The number of nitrogens with zero attached hydrogens (tertiary/aromatic N) is 6. The fraction of sp³-hybridized carbons (Fsp3) is 0.571. The molecule has 7 heteroatoms. The molecular weight excluding hydrogens is 350 g/mol. The molecule has 0 heterocycles. The molecule has 0 aliphatic carbocycles. The zero-order valence-electron chi connectivity index (χ0n) is 18.6. The van der Waals surface area contributed by atoms with E-state index in [4.69, 9.17) is 0 Å². The third-order valence-corrected chi connectivity index (χ3v) is 4.65. The lowest BCUT2D eigenvalue weighted by Crippen LogP contribution is -2.27. The number of nitrogens with one attached hydrogen (secondary N) is 1. The standard InChI is InChI=1S/C21H37N7/c1-9-17(2)21(13-14-27(7)25-24-18(3)28(8)22-4)23-20-12-10-11-19(15-20)16-26(5)6/h9-12,15,18,21,23H,4,13-14,16H2,1-3,5-8H3/b17-9+,25-24-. The van der Waals surface area contributed by atoms with Crippen molar-refractivity contribution in [3.63, 3.8) is 0 Å². The summed E-state index contributed by atoms with van der Waals surface area (Å²) in [5.41, 5.74) is 3.75. The number of hydrogen-bond acceptors (Lipinski definition) is 6. The molecule has 0 saturated heterocycles. The summed E-state index contributed by atoms with van der Waals surface area (Å²) in [7, 11) is 7.94. The van der Waals surface area contributed by atoms with E-state index in [1.54, 1.807) is 5.01 Å². The van der Waals surface area contributed by atoms with Crippen LogP contribution in [-0.2, 0) is 6.54 Å². The van der Waals surface area contributed by atoms with Crippen molar-refractivity contribution >= 4 is 12.4 Å². The van der Waals surface area contributed by atoms with Gasteiger partial charge in [0.15, 0.2) is 6.17 Å². The minimum Gasteiger partial charge on any atom is -0.379 e. The van der Waals surface area contributed by atoms with Gasteiger partial charge in [-0.2, -0.15) is 5.10 Å². The Hall–Kier alpha value is -2.41. The summed E-state index contributed by atoms with van der Waals surface area (Å²) in [5.74, 6) is 0. The summed E-state index contributed by atoms with van der Waals surface area (Å²) in [5, 5.41) is 19.6. The first-order chi connectivity index (χ1) is 13.3. The molecule has 0 saturated carbocycles. The van der Waals surface area contributed by atoms with Crippen LogP contribution >= 0.6 is 0 Å². The highest BCUT2D eigenvalue weighted by atomic mass is 15.6. The van der Waals surface area contributed by atoms with E-state index < -0.39 is 0 Å². The minimum atomic E-state index is -0.134. The van der Waals surface area contributed by atoms with E-state index in [1.807, 2.05) is 26.0 Å². The summed E-state index contributed by atoms with van der Waals surface area (Å²) in [6.45, 7) is 11.4. The van der Waals surface area contributed by atoms with Crippen molar-refractivity contribution in [2.24, 2.45) is 15.4 Å². The summed E-state index contributed by atoms with van der Waals surface area (Å²) in [6.07, 6.45) is 2.95. The first kappa shape index (κ1) is 23.6. The molecule has 0 fully saturated rings. The second kappa shape index (κ2) is 12.1. The maximum Gasteiger partial charge on any atom is 0.156 e. The Bertz CT molecular complexity index is 654. The van der Waals surface area contributed by atoms with Gasteiger partial charge in [-0.3, -0.25) is 10.0 Å². The van der Waals surface area contributed by atoms with Gasteiger partial charge in [-0.05, 0) is 59.0 Å². The monoisotopic (exact) mass is 387 g/mol. The molecule has 28 heavy (non-hydrogen) atoms. The van der Waals surface area contributed by atoms with Crippen LogP contribution in [0.15, 0.2) is 51.4 Å².